The maximum absolute atomic E-state index is 10.9. The molecule has 0 unspecified atom stereocenters. The molecule has 92 valence electrons. The van der Waals surface area contributed by atoms with Gasteiger partial charge in [0.15, 0.2) is 0 Å². The molecule has 0 saturated heterocycles. The third kappa shape index (κ3) is 4.80. The molecule has 5 nitrogen and oxygen atoms in total. The summed E-state index contributed by atoms with van der Waals surface area (Å²) in [5.41, 5.74) is 0. The predicted octanol–water partition coefficient (Wildman–Crippen LogP) is 0.354. The van der Waals surface area contributed by atoms with Crippen molar-refractivity contribution in [1.82, 2.24) is 5.32 Å². The van der Waals surface area contributed by atoms with Gasteiger partial charge in [-0.2, -0.15) is 0 Å². The van der Waals surface area contributed by atoms with Crippen LogP contribution in [0.1, 0.15) is 0 Å². The van der Waals surface area contributed by atoms with Crippen molar-refractivity contribution in [2.75, 3.05) is 20.2 Å². The number of likely N-dealkylation sites (N-methyl/N-ethyl adjacent to an activating group) is 1. The van der Waals surface area contributed by atoms with Crippen LogP contribution in [0.2, 0.25) is 0 Å². The number of ether oxygens (including phenoxy) is 1. The van der Waals surface area contributed by atoms with E-state index < -0.39 is 10.0 Å². The predicted molar refractivity (Wildman–Crippen MR) is 64.5 cm³/mol. The molecular formula is C9H15ClN2O3S. The van der Waals surface area contributed by atoms with Gasteiger partial charge in [0.25, 0.3) is 0 Å². The van der Waals surface area contributed by atoms with Crippen LogP contribution >= 0.6 is 12.4 Å². The molecule has 0 heterocycles. The standard InChI is InChI=1S/C9H14N2O3S.ClH/c1-11-6-7-14-8-2-4-9(5-3-8)15(10,12)13;/h2-5,11H,6-7H2,1H3,(H2,10,12,13);1H. The Morgan fingerprint density at radius 3 is 2.31 bits per heavy atom. The van der Waals surface area contributed by atoms with E-state index in [9.17, 15) is 8.42 Å². The molecule has 0 aliphatic carbocycles. The number of benzene rings is 1. The van der Waals surface area contributed by atoms with Crippen LogP contribution < -0.4 is 15.2 Å². The largest absolute Gasteiger partial charge is 0.492 e. The summed E-state index contributed by atoms with van der Waals surface area (Å²) in [6, 6.07) is 6.00. The van der Waals surface area contributed by atoms with Crippen molar-refractivity contribution in [2.24, 2.45) is 5.14 Å². The van der Waals surface area contributed by atoms with Crippen molar-refractivity contribution in [3.05, 3.63) is 24.3 Å². The maximum atomic E-state index is 10.9. The summed E-state index contributed by atoms with van der Waals surface area (Å²) in [7, 11) is -1.79. The third-order valence-corrected chi connectivity index (χ3v) is 2.70. The van der Waals surface area contributed by atoms with Crippen molar-refractivity contribution in [1.29, 1.82) is 0 Å². The Kier molecular flexibility index (Phi) is 6.35. The normalized spacial score (nSPS) is 10.6. The highest BCUT2D eigenvalue weighted by molar-refractivity contribution is 7.89. The zero-order valence-corrected chi connectivity index (χ0v) is 10.5. The second-order valence-electron chi connectivity index (χ2n) is 2.97. The van der Waals surface area contributed by atoms with E-state index in [4.69, 9.17) is 9.88 Å². The molecule has 1 aromatic carbocycles. The molecule has 0 radical (unpaired) electrons. The molecular weight excluding hydrogens is 252 g/mol. The van der Waals surface area contributed by atoms with Gasteiger partial charge in [-0.3, -0.25) is 0 Å². The van der Waals surface area contributed by atoms with Crippen LogP contribution in [0.15, 0.2) is 29.2 Å². The number of hydrogen-bond donors (Lipinski definition) is 2. The summed E-state index contributed by atoms with van der Waals surface area (Å²) < 4.78 is 27.2. The zero-order chi connectivity index (χ0) is 11.3. The van der Waals surface area contributed by atoms with Crippen LogP contribution in [0, 0.1) is 0 Å². The molecule has 0 bridgehead atoms. The zero-order valence-electron chi connectivity index (χ0n) is 8.84. The fourth-order valence-corrected chi connectivity index (χ4v) is 1.51. The van der Waals surface area contributed by atoms with Crippen LogP contribution in [-0.2, 0) is 10.0 Å². The summed E-state index contributed by atoms with van der Waals surface area (Å²) >= 11 is 0. The first-order chi connectivity index (χ1) is 7.04. The molecule has 0 aromatic heterocycles. The highest BCUT2D eigenvalue weighted by Crippen LogP contribution is 2.14. The van der Waals surface area contributed by atoms with Gasteiger partial charge in [-0.15, -0.1) is 12.4 Å². The Hall–Kier alpha value is -0.820. The van der Waals surface area contributed by atoms with E-state index in [1.54, 1.807) is 12.1 Å². The molecule has 0 saturated carbocycles. The minimum absolute atomic E-state index is 0. The molecule has 3 N–H and O–H groups in total. The monoisotopic (exact) mass is 266 g/mol. The van der Waals surface area contributed by atoms with Crippen LogP contribution in [0.4, 0.5) is 0 Å². The molecule has 16 heavy (non-hydrogen) atoms. The first-order valence-electron chi connectivity index (χ1n) is 4.44. The summed E-state index contributed by atoms with van der Waals surface area (Å²) in [5.74, 6) is 0.623. The van der Waals surface area contributed by atoms with E-state index in [2.05, 4.69) is 5.32 Å². The van der Waals surface area contributed by atoms with Gasteiger partial charge in [0.05, 0.1) is 4.90 Å². The minimum atomic E-state index is -3.61. The summed E-state index contributed by atoms with van der Waals surface area (Å²) in [4.78, 5) is 0.0865. The van der Waals surface area contributed by atoms with Crippen LogP contribution in [-0.4, -0.2) is 28.6 Å². The van der Waals surface area contributed by atoms with Gasteiger partial charge in [0.2, 0.25) is 10.0 Å². The topological polar surface area (TPSA) is 81.4 Å². The highest BCUT2D eigenvalue weighted by atomic mass is 35.5. The van der Waals surface area contributed by atoms with Crippen molar-refractivity contribution in [3.63, 3.8) is 0 Å². The summed E-state index contributed by atoms with van der Waals surface area (Å²) in [5, 5.41) is 7.88. The Morgan fingerprint density at radius 1 is 1.31 bits per heavy atom. The van der Waals surface area contributed by atoms with E-state index in [0.29, 0.717) is 12.4 Å². The van der Waals surface area contributed by atoms with Gasteiger partial charge in [-0.05, 0) is 31.3 Å². The molecule has 1 aromatic rings. The quantitative estimate of drug-likeness (QED) is 0.754. The van der Waals surface area contributed by atoms with E-state index in [-0.39, 0.29) is 17.3 Å². The molecule has 1 rings (SSSR count). The minimum Gasteiger partial charge on any atom is -0.492 e. The fraction of sp³-hybridized carbons (Fsp3) is 0.333. The second-order valence-corrected chi connectivity index (χ2v) is 4.53. The lowest BCUT2D eigenvalue weighted by molar-refractivity contribution is 0.318. The lowest BCUT2D eigenvalue weighted by Gasteiger charge is -2.05. The summed E-state index contributed by atoms with van der Waals surface area (Å²) in [6.07, 6.45) is 0. The average molecular weight is 267 g/mol. The SMILES string of the molecule is CNCCOc1ccc(S(N)(=O)=O)cc1.Cl. The Bertz CT molecular complexity index is 405. The Morgan fingerprint density at radius 2 is 1.88 bits per heavy atom. The van der Waals surface area contributed by atoms with E-state index >= 15 is 0 Å². The number of hydrogen-bond acceptors (Lipinski definition) is 4. The summed E-state index contributed by atoms with van der Waals surface area (Å²) in [6.45, 7) is 1.27. The number of nitrogens with one attached hydrogen (secondary N) is 1. The maximum Gasteiger partial charge on any atom is 0.238 e. The molecule has 0 atom stereocenters. The Labute approximate surface area is 101 Å². The lowest BCUT2D eigenvalue weighted by atomic mass is 10.3. The van der Waals surface area contributed by atoms with Gasteiger partial charge >= 0.3 is 0 Å². The van der Waals surface area contributed by atoms with Crippen molar-refractivity contribution in [3.8, 4) is 5.75 Å². The first kappa shape index (κ1) is 15.2. The van der Waals surface area contributed by atoms with Crippen molar-refractivity contribution in [2.45, 2.75) is 4.90 Å². The molecule has 0 spiro atoms. The number of halogens is 1. The molecule has 0 aliphatic rings. The van der Waals surface area contributed by atoms with Gasteiger partial charge in [-0.1, -0.05) is 0 Å². The molecule has 0 amide bonds. The molecule has 7 heteroatoms. The van der Waals surface area contributed by atoms with Crippen LogP contribution in [0.3, 0.4) is 0 Å². The van der Waals surface area contributed by atoms with Gasteiger partial charge in [0.1, 0.15) is 12.4 Å². The molecule has 0 fully saturated rings. The Balaban J connectivity index is 0.00000225. The van der Waals surface area contributed by atoms with E-state index in [0.717, 1.165) is 6.54 Å². The van der Waals surface area contributed by atoms with E-state index in [1.165, 1.54) is 12.1 Å². The van der Waals surface area contributed by atoms with Crippen molar-refractivity contribution >= 4 is 22.4 Å². The lowest BCUT2D eigenvalue weighted by Crippen LogP contribution is -2.16. The second kappa shape index (κ2) is 6.70. The van der Waals surface area contributed by atoms with E-state index in [1.807, 2.05) is 7.05 Å². The van der Waals surface area contributed by atoms with Gasteiger partial charge < -0.3 is 10.1 Å². The highest BCUT2D eigenvalue weighted by Gasteiger charge is 2.06. The number of nitrogens with two attached hydrogens (primary N) is 1. The number of primary sulfonamides is 1. The number of rotatable bonds is 5. The fourth-order valence-electron chi connectivity index (χ4n) is 0.996. The van der Waals surface area contributed by atoms with Gasteiger partial charge in [-0.25, -0.2) is 13.6 Å². The third-order valence-electron chi connectivity index (χ3n) is 1.77. The number of sulfonamides is 1. The molecule has 0 aliphatic heterocycles. The van der Waals surface area contributed by atoms with Gasteiger partial charge in [0, 0.05) is 6.54 Å². The average Bonchev–Trinajstić information content (AvgIpc) is 2.18. The smallest absolute Gasteiger partial charge is 0.238 e. The first-order valence-corrected chi connectivity index (χ1v) is 5.99. The van der Waals surface area contributed by atoms with Crippen LogP contribution in [0.25, 0.3) is 0 Å². The van der Waals surface area contributed by atoms with Crippen molar-refractivity contribution < 1.29 is 13.2 Å². The van der Waals surface area contributed by atoms with Crippen LogP contribution in [0.5, 0.6) is 5.75 Å².